The van der Waals surface area contributed by atoms with Gasteiger partial charge in [0.05, 0.1) is 22.5 Å². The lowest BCUT2D eigenvalue weighted by atomic mass is 10.1. The van der Waals surface area contributed by atoms with Crippen molar-refractivity contribution in [1.82, 2.24) is 10.2 Å². The van der Waals surface area contributed by atoms with Gasteiger partial charge in [0, 0.05) is 11.6 Å². The lowest BCUT2D eigenvalue weighted by molar-refractivity contribution is -0.117. The van der Waals surface area contributed by atoms with Gasteiger partial charge in [-0.3, -0.25) is 9.89 Å². The Morgan fingerprint density at radius 2 is 1.78 bits per heavy atom. The molecular formula is C16H15N3O6S2. The number of hydrogen-bond donors (Lipinski definition) is 2. The molecule has 0 saturated carbocycles. The van der Waals surface area contributed by atoms with Crippen molar-refractivity contribution in [2.75, 3.05) is 6.26 Å². The van der Waals surface area contributed by atoms with E-state index in [2.05, 4.69) is 10.2 Å². The number of fused-ring (bicyclic) bond motifs is 1. The van der Waals surface area contributed by atoms with Crippen LogP contribution in [0.15, 0.2) is 52.3 Å². The monoisotopic (exact) mass is 409 g/mol. The molecule has 0 spiro atoms. The smallest absolute Gasteiger partial charge is 0.340 e. The van der Waals surface area contributed by atoms with E-state index in [1.54, 1.807) is 0 Å². The van der Waals surface area contributed by atoms with Crippen molar-refractivity contribution >= 4 is 36.8 Å². The summed E-state index contributed by atoms with van der Waals surface area (Å²) in [4.78, 5) is 10.3. The van der Waals surface area contributed by atoms with Crippen molar-refractivity contribution in [1.29, 1.82) is 0 Å². The van der Waals surface area contributed by atoms with E-state index in [1.165, 1.54) is 36.4 Å². The lowest BCUT2D eigenvalue weighted by Crippen LogP contribution is -2.14. The topological polar surface area (TPSA) is 149 Å². The molecule has 0 bridgehead atoms. The number of nitrogens with two attached hydrogens (primary N) is 1. The number of sulfone groups is 1. The number of nitrogens with zero attached hydrogens (tertiary/aromatic N) is 1. The first kappa shape index (κ1) is 18.9. The highest BCUT2D eigenvalue weighted by Gasteiger charge is 2.25. The number of hydrogen-bond acceptors (Lipinski definition) is 7. The number of primary amides is 1. The molecular weight excluding hydrogens is 394 g/mol. The van der Waals surface area contributed by atoms with Crippen molar-refractivity contribution < 1.29 is 25.8 Å². The van der Waals surface area contributed by atoms with Gasteiger partial charge in [-0.05, 0) is 30.3 Å². The Morgan fingerprint density at radius 1 is 1.11 bits per heavy atom. The normalized spacial score (nSPS) is 12.2. The number of amides is 1. The molecule has 27 heavy (non-hydrogen) atoms. The first-order valence-electron chi connectivity index (χ1n) is 7.57. The van der Waals surface area contributed by atoms with Crippen molar-refractivity contribution in [2.45, 2.75) is 16.2 Å². The summed E-state index contributed by atoms with van der Waals surface area (Å²) in [7, 11) is -8.20. The Bertz CT molecular complexity index is 1250. The number of carbonyl (C=O) groups excluding carboxylic acids is 1. The molecule has 1 heterocycles. The maximum absolute atomic E-state index is 12.6. The summed E-state index contributed by atoms with van der Waals surface area (Å²) in [5.41, 5.74) is 6.08. The van der Waals surface area contributed by atoms with Gasteiger partial charge in [0.25, 0.3) is 0 Å². The molecule has 0 atom stereocenters. The highest BCUT2D eigenvalue weighted by Crippen LogP contribution is 2.27. The van der Waals surface area contributed by atoms with Crippen LogP contribution >= 0.6 is 0 Å². The van der Waals surface area contributed by atoms with Crippen LogP contribution < -0.4 is 9.92 Å². The minimum atomic E-state index is -4.42. The zero-order valence-electron chi connectivity index (χ0n) is 14.0. The minimum Gasteiger partial charge on any atom is -0.379 e. The molecule has 1 amide bonds. The van der Waals surface area contributed by atoms with Gasteiger partial charge in [-0.2, -0.15) is 13.5 Å². The maximum Gasteiger partial charge on any atom is 0.340 e. The number of H-pyrrole nitrogens is 1. The Hall–Kier alpha value is -2.92. The van der Waals surface area contributed by atoms with Crippen LogP contribution in [0.4, 0.5) is 0 Å². The molecule has 0 saturated heterocycles. The molecule has 3 aromatic rings. The van der Waals surface area contributed by atoms with Gasteiger partial charge in [0.2, 0.25) is 5.91 Å². The molecule has 0 aliphatic carbocycles. The van der Waals surface area contributed by atoms with Gasteiger partial charge >= 0.3 is 10.1 Å². The third-order valence-corrected chi connectivity index (χ3v) is 6.27. The van der Waals surface area contributed by atoms with Crippen molar-refractivity contribution in [3.05, 3.63) is 48.2 Å². The summed E-state index contributed by atoms with van der Waals surface area (Å²) in [6, 6.07) is 9.42. The molecule has 142 valence electrons. The SMILES string of the molecule is CS(=O)(=O)c1ccccc1S(=O)(=O)Oc1ccc2n[nH]c(CC(N)=O)c2c1. The van der Waals surface area contributed by atoms with E-state index in [0.717, 1.165) is 12.3 Å². The Labute approximate surface area is 155 Å². The second-order valence-electron chi connectivity index (χ2n) is 5.78. The van der Waals surface area contributed by atoms with Crippen LogP contribution in [0.5, 0.6) is 5.75 Å². The van der Waals surface area contributed by atoms with E-state index in [-0.39, 0.29) is 17.1 Å². The van der Waals surface area contributed by atoms with Crippen LogP contribution in [-0.4, -0.2) is 39.2 Å². The fourth-order valence-corrected chi connectivity index (χ4v) is 5.06. The Morgan fingerprint density at radius 3 is 2.41 bits per heavy atom. The zero-order chi connectivity index (χ0) is 19.8. The summed E-state index contributed by atoms with van der Waals surface area (Å²) in [6.07, 6.45) is 0.804. The van der Waals surface area contributed by atoms with Crippen molar-refractivity contribution in [3.63, 3.8) is 0 Å². The Balaban J connectivity index is 2.03. The van der Waals surface area contributed by atoms with Gasteiger partial charge in [0.15, 0.2) is 9.84 Å². The fourth-order valence-electron chi connectivity index (χ4n) is 2.54. The van der Waals surface area contributed by atoms with E-state index in [4.69, 9.17) is 9.92 Å². The molecule has 9 nitrogen and oxygen atoms in total. The van der Waals surface area contributed by atoms with E-state index in [9.17, 15) is 21.6 Å². The molecule has 0 aliphatic rings. The summed E-state index contributed by atoms with van der Waals surface area (Å²) < 4.78 is 54.1. The number of rotatable bonds is 6. The summed E-state index contributed by atoms with van der Waals surface area (Å²) >= 11 is 0. The van der Waals surface area contributed by atoms with Crippen LogP contribution in [0.2, 0.25) is 0 Å². The molecule has 0 aliphatic heterocycles. The fraction of sp³-hybridized carbons (Fsp3) is 0.125. The van der Waals surface area contributed by atoms with Crippen LogP contribution in [-0.2, 0) is 31.2 Å². The van der Waals surface area contributed by atoms with Crippen molar-refractivity contribution in [2.24, 2.45) is 5.73 Å². The van der Waals surface area contributed by atoms with Gasteiger partial charge in [0.1, 0.15) is 10.6 Å². The van der Waals surface area contributed by atoms with E-state index < -0.39 is 30.8 Å². The van der Waals surface area contributed by atoms with Gasteiger partial charge < -0.3 is 9.92 Å². The molecule has 11 heteroatoms. The second-order valence-corrected chi connectivity index (χ2v) is 9.28. The van der Waals surface area contributed by atoms with Gasteiger partial charge in [-0.15, -0.1) is 0 Å². The summed E-state index contributed by atoms with van der Waals surface area (Å²) in [5.74, 6) is -0.639. The van der Waals surface area contributed by atoms with E-state index in [1.807, 2.05) is 0 Å². The molecule has 0 fully saturated rings. The van der Waals surface area contributed by atoms with Crippen LogP contribution in [0.3, 0.4) is 0 Å². The third-order valence-electron chi connectivity index (χ3n) is 3.68. The molecule has 0 unspecified atom stereocenters. The van der Waals surface area contributed by atoms with Gasteiger partial charge in [-0.1, -0.05) is 12.1 Å². The number of benzene rings is 2. The molecule has 1 aromatic heterocycles. The second kappa shape index (κ2) is 6.67. The quantitative estimate of drug-likeness (QED) is 0.571. The Kier molecular flexibility index (Phi) is 4.66. The van der Waals surface area contributed by atoms with E-state index >= 15 is 0 Å². The lowest BCUT2D eigenvalue weighted by Gasteiger charge is -2.10. The van der Waals surface area contributed by atoms with Gasteiger partial charge in [-0.25, -0.2) is 8.42 Å². The molecule has 2 aromatic carbocycles. The highest BCUT2D eigenvalue weighted by atomic mass is 32.2. The van der Waals surface area contributed by atoms with Crippen molar-refractivity contribution in [3.8, 4) is 5.75 Å². The van der Waals surface area contributed by atoms with Crippen LogP contribution in [0.25, 0.3) is 10.9 Å². The summed E-state index contributed by atoms with van der Waals surface area (Å²) in [6.45, 7) is 0. The third kappa shape index (κ3) is 3.93. The predicted octanol–water partition coefficient (Wildman–Crippen LogP) is 0.762. The average Bonchev–Trinajstić information content (AvgIpc) is 2.95. The number of nitrogens with one attached hydrogen (secondary N) is 1. The summed E-state index contributed by atoms with van der Waals surface area (Å²) in [5, 5.41) is 7.13. The molecule has 0 radical (unpaired) electrons. The highest BCUT2D eigenvalue weighted by molar-refractivity contribution is 7.92. The predicted molar refractivity (Wildman–Crippen MR) is 96.4 cm³/mol. The number of aromatic amines is 1. The largest absolute Gasteiger partial charge is 0.379 e. The van der Waals surface area contributed by atoms with E-state index in [0.29, 0.717) is 16.6 Å². The average molecular weight is 409 g/mol. The van der Waals surface area contributed by atoms with Crippen LogP contribution in [0.1, 0.15) is 5.69 Å². The standard InChI is InChI=1S/C16H15N3O6S2/c1-26(21,22)14-4-2-3-5-15(14)27(23,24)25-10-6-7-12-11(8-10)13(19-18-12)9-16(17)20/h2-8H,9H2,1H3,(H2,17,20)(H,18,19). The minimum absolute atomic E-state index is 0.0575. The maximum atomic E-state index is 12.6. The first-order valence-corrected chi connectivity index (χ1v) is 10.9. The molecule has 3 N–H and O–H groups in total. The zero-order valence-corrected chi connectivity index (χ0v) is 15.7. The first-order chi connectivity index (χ1) is 12.6. The number of carbonyl (C=O) groups is 1. The van der Waals surface area contributed by atoms with Crippen LogP contribution in [0, 0.1) is 0 Å². The number of aromatic nitrogens is 2. The molecule has 3 rings (SSSR count).